The topological polar surface area (TPSA) is 59.0 Å². The van der Waals surface area contributed by atoms with Gasteiger partial charge in [-0.15, -0.1) is 0 Å². The number of benzene rings is 2. The molecule has 1 heterocycles. The second kappa shape index (κ2) is 7.79. The van der Waals surface area contributed by atoms with E-state index in [-0.39, 0.29) is 6.04 Å². The van der Waals surface area contributed by atoms with Gasteiger partial charge < -0.3 is 14.6 Å². The summed E-state index contributed by atoms with van der Waals surface area (Å²) in [5, 5.41) is 9.73. The number of carboxylic acids is 1. The zero-order valence-electron chi connectivity index (χ0n) is 15.4. The van der Waals surface area contributed by atoms with E-state index in [4.69, 9.17) is 9.47 Å². The minimum Gasteiger partial charge on any atom is -0.493 e. The Labute approximate surface area is 154 Å². The molecule has 2 aromatic carbocycles. The molecule has 5 heteroatoms. The van der Waals surface area contributed by atoms with Crippen LogP contribution in [0, 0.1) is 6.92 Å². The molecule has 1 aliphatic rings. The number of carbonyl (C=O) groups is 1. The van der Waals surface area contributed by atoms with Crippen molar-refractivity contribution in [3.63, 3.8) is 0 Å². The fourth-order valence-corrected chi connectivity index (χ4v) is 3.91. The minimum absolute atomic E-state index is 0.204. The van der Waals surface area contributed by atoms with Gasteiger partial charge >= 0.3 is 5.97 Å². The molecule has 26 heavy (non-hydrogen) atoms. The number of nitrogens with zero attached hydrogens (tertiary/aromatic N) is 1. The lowest BCUT2D eigenvalue weighted by molar-refractivity contribution is -0.142. The third-order valence-corrected chi connectivity index (χ3v) is 5.12. The summed E-state index contributed by atoms with van der Waals surface area (Å²) in [6.45, 7) is 2.79. The fourth-order valence-electron chi connectivity index (χ4n) is 3.91. The predicted molar refractivity (Wildman–Crippen MR) is 99.9 cm³/mol. The van der Waals surface area contributed by atoms with Crippen LogP contribution in [0.15, 0.2) is 42.5 Å². The van der Waals surface area contributed by atoms with Crippen LogP contribution in [-0.2, 0) is 4.79 Å². The molecule has 0 amide bonds. The van der Waals surface area contributed by atoms with Crippen LogP contribution < -0.4 is 9.47 Å². The molecular weight excluding hydrogens is 330 g/mol. The second-order valence-electron chi connectivity index (χ2n) is 6.58. The fraction of sp³-hybridized carbons (Fsp3) is 0.381. The largest absolute Gasteiger partial charge is 0.493 e. The maximum atomic E-state index is 11.8. The predicted octanol–water partition coefficient (Wildman–Crippen LogP) is 3.65. The number of methoxy groups -OCH3 is 2. The van der Waals surface area contributed by atoms with E-state index in [1.165, 1.54) is 0 Å². The second-order valence-corrected chi connectivity index (χ2v) is 6.58. The van der Waals surface area contributed by atoms with E-state index >= 15 is 0 Å². The van der Waals surface area contributed by atoms with Crippen molar-refractivity contribution < 1.29 is 19.4 Å². The minimum atomic E-state index is -0.775. The highest BCUT2D eigenvalue weighted by Crippen LogP contribution is 2.43. The van der Waals surface area contributed by atoms with Gasteiger partial charge in [0.15, 0.2) is 11.5 Å². The SMILES string of the molecule is COc1cccc(C(c2ccccc2C)N2CCCC2C(=O)O)c1OC. The number of ether oxygens (including phenoxy) is 2. The lowest BCUT2D eigenvalue weighted by atomic mass is 9.92. The average Bonchev–Trinajstić information content (AvgIpc) is 3.13. The molecule has 1 fully saturated rings. The van der Waals surface area contributed by atoms with Gasteiger partial charge in [-0.3, -0.25) is 9.69 Å². The van der Waals surface area contributed by atoms with Crippen LogP contribution in [0.5, 0.6) is 11.5 Å². The average molecular weight is 355 g/mol. The standard InChI is InChI=1S/C21H25NO4/c1-14-8-4-5-9-15(14)19(22-13-7-11-17(22)21(23)24)16-10-6-12-18(25-2)20(16)26-3/h4-6,8-10,12,17,19H,7,11,13H2,1-3H3,(H,23,24). The summed E-state index contributed by atoms with van der Waals surface area (Å²) in [4.78, 5) is 13.9. The van der Waals surface area contributed by atoms with Gasteiger partial charge in [-0.25, -0.2) is 0 Å². The highest BCUT2D eigenvalue weighted by atomic mass is 16.5. The summed E-state index contributed by atoms with van der Waals surface area (Å²) in [5.41, 5.74) is 3.14. The summed E-state index contributed by atoms with van der Waals surface area (Å²) >= 11 is 0. The van der Waals surface area contributed by atoms with Crippen LogP contribution in [-0.4, -0.2) is 42.8 Å². The summed E-state index contributed by atoms with van der Waals surface area (Å²) in [6, 6.07) is 13.2. The molecule has 1 saturated heterocycles. The van der Waals surface area contributed by atoms with Crippen molar-refractivity contribution in [1.29, 1.82) is 0 Å². The quantitative estimate of drug-likeness (QED) is 0.857. The molecule has 0 aromatic heterocycles. The molecule has 1 N–H and O–H groups in total. The molecule has 2 unspecified atom stereocenters. The first kappa shape index (κ1) is 18.3. The Hall–Kier alpha value is -2.53. The van der Waals surface area contributed by atoms with Crippen molar-refractivity contribution in [1.82, 2.24) is 4.90 Å². The summed E-state index contributed by atoms with van der Waals surface area (Å²) < 4.78 is 11.1. The van der Waals surface area contributed by atoms with Crippen LogP contribution >= 0.6 is 0 Å². The number of para-hydroxylation sites is 1. The van der Waals surface area contributed by atoms with Crippen LogP contribution in [0.3, 0.4) is 0 Å². The van der Waals surface area contributed by atoms with Gasteiger partial charge in [-0.05, 0) is 37.0 Å². The monoisotopic (exact) mass is 355 g/mol. The molecule has 2 aromatic rings. The first-order valence-corrected chi connectivity index (χ1v) is 8.83. The van der Waals surface area contributed by atoms with Gasteiger partial charge in [0.2, 0.25) is 0 Å². The molecular formula is C21H25NO4. The zero-order chi connectivity index (χ0) is 18.7. The molecule has 138 valence electrons. The van der Waals surface area contributed by atoms with E-state index in [0.717, 1.165) is 29.7 Å². The molecule has 0 spiro atoms. The molecule has 3 rings (SSSR count). The highest BCUT2D eigenvalue weighted by Gasteiger charge is 2.38. The molecule has 0 bridgehead atoms. The van der Waals surface area contributed by atoms with E-state index in [1.54, 1.807) is 14.2 Å². The molecule has 1 aliphatic heterocycles. The number of hydrogen-bond donors (Lipinski definition) is 1. The molecule has 0 radical (unpaired) electrons. The van der Waals surface area contributed by atoms with Gasteiger partial charge in [-0.1, -0.05) is 36.4 Å². The molecule has 5 nitrogen and oxygen atoms in total. The zero-order valence-corrected chi connectivity index (χ0v) is 15.4. The Morgan fingerprint density at radius 1 is 1.12 bits per heavy atom. The summed E-state index contributed by atoms with van der Waals surface area (Å²) in [5.74, 6) is 0.525. The first-order valence-electron chi connectivity index (χ1n) is 8.83. The number of aryl methyl sites for hydroxylation is 1. The van der Waals surface area contributed by atoms with Gasteiger partial charge in [0.25, 0.3) is 0 Å². The van der Waals surface area contributed by atoms with Crippen LogP contribution in [0.4, 0.5) is 0 Å². The summed E-state index contributed by atoms with van der Waals surface area (Å²) in [6.07, 6.45) is 1.52. The van der Waals surface area contributed by atoms with Crippen molar-refractivity contribution in [3.8, 4) is 11.5 Å². The maximum absolute atomic E-state index is 11.8. The highest BCUT2D eigenvalue weighted by molar-refractivity contribution is 5.74. The van der Waals surface area contributed by atoms with Crippen molar-refractivity contribution in [2.24, 2.45) is 0 Å². The van der Waals surface area contributed by atoms with E-state index in [2.05, 4.69) is 24.0 Å². The van der Waals surface area contributed by atoms with Crippen molar-refractivity contribution in [2.75, 3.05) is 20.8 Å². The van der Waals surface area contributed by atoms with E-state index < -0.39 is 12.0 Å². The van der Waals surface area contributed by atoms with Crippen LogP contribution in [0.25, 0.3) is 0 Å². The van der Waals surface area contributed by atoms with Gasteiger partial charge in [0, 0.05) is 12.1 Å². The van der Waals surface area contributed by atoms with Gasteiger partial charge in [0.1, 0.15) is 6.04 Å². The van der Waals surface area contributed by atoms with Crippen LogP contribution in [0.1, 0.15) is 35.6 Å². The third kappa shape index (κ3) is 3.27. The van der Waals surface area contributed by atoms with Gasteiger partial charge in [-0.2, -0.15) is 0 Å². The van der Waals surface area contributed by atoms with Crippen molar-refractivity contribution in [2.45, 2.75) is 31.8 Å². The number of hydrogen-bond acceptors (Lipinski definition) is 4. The third-order valence-electron chi connectivity index (χ3n) is 5.12. The normalized spacial score (nSPS) is 18.5. The van der Waals surface area contributed by atoms with Crippen molar-refractivity contribution >= 4 is 5.97 Å². The molecule has 0 saturated carbocycles. The van der Waals surface area contributed by atoms with Crippen molar-refractivity contribution in [3.05, 3.63) is 59.2 Å². The Morgan fingerprint density at radius 3 is 2.50 bits per heavy atom. The summed E-state index contributed by atoms with van der Waals surface area (Å²) in [7, 11) is 3.23. The van der Waals surface area contributed by atoms with E-state index in [9.17, 15) is 9.90 Å². The van der Waals surface area contributed by atoms with Crippen LogP contribution in [0.2, 0.25) is 0 Å². The Bertz CT molecular complexity index is 789. The maximum Gasteiger partial charge on any atom is 0.320 e. The molecule has 0 aliphatic carbocycles. The Kier molecular flexibility index (Phi) is 5.47. The number of rotatable bonds is 6. The number of likely N-dealkylation sites (tertiary alicyclic amines) is 1. The smallest absolute Gasteiger partial charge is 0.320 e. The molecule has 2 atom stereocenters. The number of carboxylic acid groups (broad SMARTS) is 1. The Balaban J connectivity index is 2.20. The van der Waals surface area contributed by atoms with E-state index in [0.29, 0.717) is 17.9 Å². The number of aliphatic carboxylic acids is 1. The first-order chi connectivity index (χ1) is 12.6. The van der Waals surface area contributed by atoms with Gasteiger partial charge in [0.05, 0.1) is 20.3 Å². The van der Waals surface area contributed by atoms with E-state index in [1.807, 2.05) is 30.3 Å². The Morgan fingerprint density at radius 2 is 1.85 bits per heavy atom. The lowest BCUT2D eigenvalue weighted by Crippen LogP contribution is -2.39. The lowest BCUT2D eigenvalue weighted by Gasteiger charge is -2.34.